The van der Waals surface area contributed by atoms with Crippen molar-refractivity contribution < 1.29 is 42.9 Å². The number of H-pyrrole nitrogens is 1. The minimum atomic E-state index is -1.75. The number of amides is 2. The molecule has 0 aliphatic rings. The number of aliphatic hydroxyl groups is 1. The minimum Gasteiger partial charge on any atom is -0.478 e. The summed E-state index contributed by atoms with van der Waals surface area (Å²) < 4.78 is 38.1. The number of aromatic nitrogens is 15. The molecule has 34 heteroatoms. The maximum absolute atomic E-state index is 13.7. The van der Waals surface area contributed by atoms with Gasteiger partial charge in [0.1, 0.15) is 13.5 Å². The molecule has 0 saturated carbocycles. The van der Waals surface area contributed by atoms with Crippen molar-refractivity contribution in [3.05, 3.63) is 193 Å². The van der Waals surface area contributed by atoms with Gasteiger partial charge in [-0.3, -0.25) is 73.0 Å². The van der Waals surface area contributed by atoms with Crippen LogP contribution in [0, 0.1) is 20.8 Å². The van der Waals surface area contributed by atoms with E-state index in [9.17, 15) is 33.9 Å². The highest BCUT2D eigenvalue weighted by atomic mass is 28.4. The number of carboxylic acids is 1. The van der Waals surface area contributed by atoms with Gasteiger partial charge in [-0.2, -0.15) is 0 Å². The van der Waals surface area contributed by atoms with E-state index in [1.807, 2.05) is 78.2 Å². The molecule has 12 rings (SSSR count). The number of aromatic carboxylic acids is 1. The number of carboxylic acid groups (broad SMARTS) is 1. The number of aromatic amines is 1. The van der Waals surface area contributed by atoms with Gasteiger partial charge in [0.15, 0.2) is 16.6 Å². The summed E-state index contributed by atoms with van der Waals surface area (Å²) in [6, 6.07) is 35.5. The molecule has 0 atom stereocenters. The maximum atomic E-state index is 13.7. The summed E-state index contributed by atoms with van der Waals surface area (Å²) >= 11 is 0. The molecule has 12 aromatic rings. The quantitative estimate of drug-likeness (QED) is 0.0156. The second kappa shape index (κ2) is 44.0. The number of nitrogens with two attached hydrogens (primary N) is 1. The fourth-order valence-electron chi connectivity index (χ4n) is 13.5. The Balaban J connectivity index is 0.000000200. The lowest BCUT2D eigenvalue weighted by molar-refractivity contribution is 0.0694. The first-order valence-electron chi connectivity index (χ1n) is 44.0. The number of pyridine rings is 3. The topological polar surface area (TPSA) is 362 Å². The van der Waals surface area contributed by atoms with Crippen LogP contribution in [-0.4, -0.2) is 166 Å². The van der Waals surface area contributed by atoms with Crippen molar-refractivity contribution >= 4 is 102 Å². The Morgan fingerprint density at radius 2 is 0.819 bits per heavy atom. The Bertz CT molecular complexity index is 5920. The summed E-state index contributed by atoms with van der Waals surface area (Å²) in [5.74, 6) is -0.0875. The molecule has 0 fully saturated rings. The van der Waals surface area contributed by atoms with Crippen molar-refractivity contribution in [3.8, 4) is 33.8 Å². The molecular formula is C93H136N18O12Si4. The number of benzene rings is 3. The van der Waals surface area contributed by atoms with E-state index >= 15 is 0 Å². The Hall–Kier alpha value is -10.6. The molecule has 0 radical (unpaired) electrons. The summed E-state index contributed by atoms with van der Waals surface area (Å²) in [4.78, 5) is 103. The van der Waals surface area contributed by atoms with Gasteiger partial charge in [0.2, 0.25) is 17.8 Å². The summed E-state index contributed by atoms with van der Waals surface area (Å²) in [7, 11) is -0.736. The smallest absolute Gasteiger partial charge is 0.335 e. The van der Waals surface area contributed by atoms with Gasteiger partial charge in [-0.15, -0.1) is 0 Å². The van der Waals surface area contributed by atoms with Crippen LogP contribution < -0.4 is 33.0 Å². The maximum Gasteiger partial charge on any atom is 0.335 e. The van der Waals surface area contributed by atoms with Crippen LogP contribution >= 0.6 is 0 Å². The standard InChI is InChI=1S/C35H54N6O4Si2.C23H26N6O3.C18H31N3OSi.C17H25N3O4Si/c1-26-22-27(23-30(36-26)28-24-40(39(5)33(28)43)25-44-20-21-46(6,7)8)32(42)38-34-37-29-16-12-13-17-31(29)41(34)18-14-11-15-19-45-47(9,10)35(2,3)4;1-15-12-16(13-19(25-15)17-14-24-28(2)22(17)32)21(31)27-23-26-18-8-4-5-9-20(18)29(23)10-6-3-7-11-30;1-18(2,3)23(4,5)22-14-10-6-9-13-21-16-12-8-7-11-15(16)20-17(21)19;1-12-8-13(17(22)23)9-15(18-12)14-10-20(19(2)16(14)21)11-24-6-7-25(3,4)5/h12-13,16-17,22-24H,11,14-15,18-21,25H2,1-10H3,(H,37,38,42);4-5,8-9,12-14,24,30H,3,6-7,10-11H2,1-2H3,(H,26,27,31);7-8,11-12H,6,9-10,13-14H2,1-5H3,(H2,19,20);8-10H,6-7,11H2,1-5H3,(H,22,23). The number of imidazole rings is 3. The molecule has 7 N–H and O–H groups in total. The number of hydrogen-bond donors (Lipinski definition) is 6. The molecule has 0 aliphatic carbocycles. The molecule has 3 aromatic carbocycles. The highest BCUT2D eigenvalue weighted by molar-refractivity contribution is 6.76. The van der Waals surface area contributed by atoms with Crippen LogP contribution in [0.25, 0.3) is 66.9 Å². The van der Waals surface area contributed by atoms with E-state index < -0.39 is 38.8 Å². The summed E-state index contributed by atoms with van der Waals surface area (Å²) in [5.41, 5.74) is 16.2. The van der Waals surface area contributed by atoms with Crippen LogP contribution in [-0.2, 0) is 72.6 Å². The largest absolute Gasteiger partial charge is 0.478 e. The van der Waals surface area contributed by atoms with E-state index in [0.717, 1.165) is 129 Å². The number of nitrogen functional groups attached to an aromatic ring is 1. The highest BCUT2D eigenvalue weighted by Crippen LogP contribution is 2.38. The van der Waals surface area contributed by atoms with Gasteiger partial charge in [0.05, 0.1) is 72.4 Å². The molecule has 686 valence electrons. The number of fused-ring (bicyclic) bond motifs is 3. The minimum absolute atomic E-state index is 0.115. The van der Waals surface area contributed by atoms with E-state index in [4.69, 9.17) is 34.1 Å². The van der Waals surface area contributed by atoms with Crippen molar-refractivity contribution in [1.29, 1.82) is 0 Å². The third-order valence-corrected chi connectivity index (χ3v) is 35.8. The zero-order valence-electron chi connectivity index (χ0n) is 78.8. The number of para-hydroxylation sites is 6. The van der Waals surface area contributed by atoms with E-state index in [2.05, 4.69) is 163 Å². The second-order valence-electron chi connectivity index (χ2n) is 38.1. The molecule has 0 spiro atoms. The predicted molar refractivity (Wildman–Crippen MR) is 519 cm³/mol. The average molecular weight is 1810 g/mol. The third kappa shape index (κ3) is 27.7. The SMILES string of the molecule is CC(C)(C)[Si](C)(C)OCCCCCn1c(N)nc2ccccc21.Cc1cc(C(=O)Nc2nc3ccccc3n2CCCCCO)cc(-c2c[nH]n(C)c2=O)n1.Cc1cc(C(=O)Nc2nc3ccccc3n2CCCCCO[Si](C)(C)C(C)(C)C)cc(-c2cn(COCC[Si](C)(C)C)n(C)c2=O)n1.Cc1cc(C(=O)O)cc(-c2cn(COCC[Si](C)(C)C)n(C)c2=O)n1. The fraction of sp³-hybridized carbons (Fsp3) is 0.484. The summed E-state index contributed by atoms with van der Waals surface area (Å²) in [6.45, 7) is 47.9. The van der Waals surface area contributed by atoms with E-state index in [0.29, 0.717) is 99.6 Å². The summed E-state index contributed by atoms with van der Waals surface area (Å²) in [6.07, 6.45) is 13.8. The van der Waals surface area contributed by atoms with Crippen LogP contribution in [0.15, 0.2) is 142 Å². The number of ether oxygens (including phenoxy) is 2. The van der Waals surface area contributed by atoms with Gasteiger partial charge >= 0.3 is 5.97 Å². The number of unbranched alkanes of at least 4 members (excludes halogenated alkanes) is 6. The lowest BCUT2D eigenvalue weighted by Crippen LogP contribution is -2.40. The molecule has 30 nitrogen and oxygen atoms in total. The Morgan fingerprint density at radius 3 is 1.20 bits per heavy atom. The van der Waals surface area contributed by atoms with Crippen LogP contribution in [0.3, 0.4) is 0 Å². The van der Waals surface area contributed by atoms with E-state index in [1.54, 1.807) is 87.2 Å². The number of hydrogen-bond acceptors (Lipinski definition) is 18. The van der Waals surface area contributed by atoms with Crippen molar-refractivity contribution in [1.82, 2.24) is 72.1 Å². The lowest BCUT2D eigenvalue weighted by Gasteiger charge is -2.36. The number of nitrogens with zero attached hydrogens (tertiary/aromatic N) is 14. The van der Waals surface area contributed by atoms with Crippen LogP contribution in [0.2, 0.25) is 87.6 Å². The van der Waals surface area contributed by atoms with Gasteiger partial charge in [-0.25, -0.2) is 19.7 Å². The van der Waals surface area contributed by atoms with Crippen LogP contribution in [0.4, 0.5) is 17.8 Å². The first-order chi connectivity index (χ1) is 59.7. The van der Waals surface area contributed by atoms with Crippen molar-refractivity contribution in [2.24, 2.45) is 21.1 Å². The molecule has 127 heavy (non-hydrogen) atoms. The predicted octanol–water partition coefficient (Wildman–Crippen LogP) is 17.9. The van der Waals surface area contributed by atoms with Gasteiger partial charge in [-0.05, 0) is 200 Å². The number of anilines is 3. The second-order valence-corrected chi connectivity index (χ2v) is 59.0. The zero-order valence-corrected chi connectivity index (χ0v) is 82.8. The third-order valence-electron chi connectivity index (χ3n) is 23.3. The van der Waals surface area contributed by atoms with Crippen molar-refractivity contribution in [2.45, 2.75) is 241 Å². The van der Waals surface area contributed by atoms with Gasteiger partial charge < -0.3 is 53.1 Å². The van der Waals surface area contributed by atoms with Gasteiger partial charge in [-0.1, -0.05) is 117 Å². The van der Waals surface area contributed by atoms with Gasteiger partial charge in [0.25, 0.3) is 28.5 Å². The number of carbonyl (C=O) groups excluding carboxylic acids is 2. The van der Waals surface area contributed by atoms with Crippen LogP contribution in [0.1, 0.15) is 147 Å². The normalized spacial score (nSPS) is 12.1. The summed E-state index contributed by atoms with van der Waals surface area (Å²) in [5, 5.41) is 27.5. The molecule has 0 aliphatic heterocycles. The number of aryl methyl sites for hydroxylation is 7. The molecule has 0 saturated heterocycles. The zero-order chi connectivity index (χ0) is 93.1. The molecule has 9 heterocycles. The fourth-order valence-corrected chi connectivity index (χ4v) is 17.2. The van der Waals surface area contributed by atoms with Crippen molar-refractivity contribution in [3.63, 3.8) is 0 Å². The Morgan fingerprint density at radius 1 is 0.457 bits per heavy atom. The first-order valence-corrected chi connectivity index (χ1v) is 57.2. The van der Waals surface area contributed by atoms with E-state index in [1.165, 1.54) is 26.2 Å². The Labute approximate surface area is 750 Å². The molecule has 0 unspecified atom stereocenters. The van der Waals surface area contributed by atoms with E-state index in [-0.39, 0.29) is 64.2 Å². The average Bonchev–Trinajstić information content (AvgIpc) is 1.68. The highest BCUT2D eigenvalue weighted by Gasteiger charge is 2.38. The lowest BCUT2D eigenvalue weighted by atomic mass is 10.1. The molecule has 9 aromatic heterocycles. The van der Waals surface area contributed by atoms with Crippen molar-refractivity contribution in [2.75, 3.05) is 49.4 Å². The first kappa shape index (κ1) is 100. The molecular weight excluding hydrogens is 1670 g/mol. The number of nitrogens with one attached hydrogen (secondary N) is 3. The molecule has 2 amide bonds. The Kier molecular flexibility index (Phi) is 34.7. The molecule has 0 bridgehead atoms. The van der Waals surface area contributed by atoms with Crippen LogP contribution in [0.5, 0.6) is 0 Å². The monoisotopic (exact) mass is 1810 g/mol. The number of rotatable bonds is 37. The number of carbonyl (C=O) groups is 3. The van der Waals surface area contributed by atoms with Gasteiger partial charge in [0, 0.05) is 137 Å². The number of aliphatic hydroxyl groups excluding tert-OH is 1.